The first-order valence-electron chi connectivity index (χ1n) is 7.71. The van der Waals surface area contributed by atoms with Gasteiger partial charge in [0.1, 0.15) is 10.7 Å². The topological polar surface area (TPSA) is 61.0 Å². The molecule has 0 N–H and O–H groups in total. The van der Waals surface area contributed by atoms with Gasteiger partial charge in [0.05, 0.1) is 22.7 Å². The van der Waals surface area contributed by atoms with Crippen LogP contribution in [0.4, 0.5) is 4.39 Å². The Morgan fingerprint density at radius 3 is 2.58 bits per heavy atom. The maximum absolute atomic E-state index is 13.3. The first kappa shape index (κ1) is 15.4. The predicted octanol–water partition coefficient (Wildman–Crippen LogP) is 3.66. The first-order valence-corrected chi connectivity index (χ1v) is 8.52. The number of hydrogen-bond acceptors (Lipinski definition) is 6. The fourth-order valence-electron chi connectivity index (χ4n) is 3.11. The normalized spacial score (nSPS) is 20.6. The van der Waals surface area contributed by atoms with E-state index in [1.54, 1.807) is 12.1 Å². The standard InChI is InChI=1S/C17H16FN3O2S/c1-10-14(24-11(2)19-10)15-20-16(21-23-15)17(7-8-22-9-17)12-3-5-13(18)6-4-12/h3-6H,7-9H2,1-2H3. The van der Waals surface area contributed by atoms with E-state index in [4.69, 9.17) is 9.26 Å². The summed E-state index contributed by atoms with van der Waals surface area (Å²) >= 11 is 1.53. The summed E-state index contributed by atoms with van der Waals surface area (Å²) in [4.78, 5) is 9.92. The highest BCUT2D eigenvalue weighted by molar-refractivity contribution is 7.15. The number of ether oxygens (including phenoxy) is 1. The van der Waals surface area contributed by atoms with Crippen molar-refractivity contribution < 1.29 is 13.7 Å². The highest BCUT2D eigenvalue weighted by Gasteiger charge is 2.43. The Kier molecular flexibility index (Phi) is 3.69. The molecule has 1 saturated heterocycles. The van der Waals surface area contributed by atoms with Crippen LogP contribution < -0.4 is 0 Å². The summed E-state index contributed by atoms with van der Waals surface area (Å²) in [6, 6.07) is 6.43. The second kappa shape index (κ2) is 5.75. The van der Waals surface area contributed by atoms with E-state index in [1.807, 2.05) is 13.8 Å². The Bertz CT molecular complexity index is 866. The average molecular weight is 345 g/mol. The molecule has 0 saturated carbocycles. The summed E-state index contributed by atoms with van der Waals surface area (Å²) in [5.41, 5.74) is 1.32. The molecule has 3 aromatic rings. The third-order valence-corrected chi connectivity index (χ3v) is 5.43. The van der Waals surface area contributed by atoms with Crippen LogP contribution >= 0.6 is 11.3 Å². The maximum atomic E-state index is 13.3. The van der Waals surface area contributed by atoms with Crippen LogP contribution in [0.15, 0.2) is 28.8 Å². The molecular weight excluding hydrogens is 329 g/mol. The molecule has 4 rings (SSSR count). The number of rotatable bonds is 3. The number of nitrogens with zero attached hydrogens (tertiary/aromatic N) is 3. The van der Waals surface area contributed by atoms with Gasteiger partial charge in [-0.05, 0) is 38.0 Å². The van der Waals surface area contributed by atoms with E-state index in [0.29, 0.717) is 24.9 Å². The maximum Gasteiger partial charge on any atom is 0.269 e. The SMILES string of the molecule is Cc1nc(C)c(-c2nc(C3(c4ccc(F)cc4)CCOC3)no2)s1. The summed E-state index contributed by atoms with van der Waals surface area (Å²) in [7, 11) is 0. The van der Waals surface area contributed by atoms with Crippen LogP contribution in [0.5, 0.6) is 0 Å². The molecule has 1 atom stereocenters. The molecule has 1 unspecified atom stereocenters. The van der Waals surface area contributed by atoms with Gasteiger partial charge >= 0.3 is 0 Å². The van der Waals surface area contributed by atoms with Gasteiger partial charge in [-0.25, -0.2) is 9.37 Å². The van der Waals surface area contributed by atoms with Crippen molar-refractivity contribution in [2.45, 2.75) is 25.7 Å². The third-order valence-electron chi connectivity index (χ3n) is 4.37. The van der Waals surface area contributed by atoms with Crippen LogP contribution in [0.1, 0.15) is 28.5 Å². The Morgan fingerprint density at radius 1 is 1.17 bits per heavy atom. The van der Waals surface area contributed by atoms with E-state index in [0.717, 1.165) is 27.6 Å². The Hall–Kier alpha value is -2.12. The molecule has 0 amide bonds. The van der Waals surface area contributed by atoms with Crippen molar-refractivity contribution in [2.24, 2.45) is 0 Å². The number of aromatic nitrogens is 3. The monoisotopic (exact) mass is 345 g/mol. The van der Waals surface area contributed by atoms with Crippen molar-refractivity contribution in [3.8, 4) is 10.8 Å². The molecule has 24 heavy (non-hydrogen) atoms. The molecule has 0 radical (unpaired) electrons. The van der Waals surface area contributed by atoms with Gasteiger partial charge in [-0.3, -0.25) is 0 Å². The molecular formula is C17H16FN3O2S. The molecule has 7 heteroatoms. The zero-order valence-corrected chi connectivity index (χ0v) is 14.2. The third kappa shape index (κ3) is 2.44. The largest absolute Gasteiger partial charge is 0.380 e. The van der Waals surface area contributed by atoms with Crippen LogP contribution in [0, 0.1) is 19.7 Å². The zero-order chi connectivity index (χ0) is 16.7. The zero-order valence-electron chi connectivity index (χ0n) is 13.4. The van der Waals surface area contributed by atoms with Crippen molar-refractivity contribution in [3.05, 3.63) is 52.2 Å². The molecule has 0 spiro atoms. The lowest BCUT2D eigenvalue weighted by Crippen LogP contribution is -2.29. The van der Waals surface area contributed by atoms with E-state index in [9.17, 15) is 4.39 Å². The lowest BCUT2D eigenvalue weighted by molar-refractivity contribution is 0.182. The molecule has 0 aliphatic carbocycles. The number of hydrogen-bond donors (Lipinski definition) is 0. The second-order valence-electron chi connectivity index (χ2n) is 5.96. The van der Waals surface area contributed by atoms with Gasteiger partial charge in [-0.1, -0.05) is 17.3 Å². The summed E-state index contributed by atoms with van der Waals surface area (Å²) < 4.78 is 24.4. The van der Waals surface area contributed by atoms with Crippen LogP contribution in [-0.4, -0.2) is 28.3 Å². The first-order chi connectivity index (χ1) is 11.6. The summed E-state index contributed by atoms with van der Waals surface area (Å²) in [6.45, 7) is 4.94. The predicted molar refractivity (Wildman–Crippen MR) is 87.5 cm³/mol. The van der Waals surface area contributed by atoms with Crippen LogP contribution in [0.3, 0.4) is 0 Å². The highest BCUT2D eigenvalue weighted by atomic mass is 32.1. The molecule has 1 aliphatic heterocycles. The fourth-order valence-corrected chi connectivity index (χ4v) is 3.95. The minimum absolute atomic E-state index is 0.266. The fraction of sp³-hybridized carbons (Fsp3) is 0.353. The summed E-state index contributed by atoms with van der Waals surface area (Å²) in [5, 5.41) is 5.17. The molecule has 1 aliphatic rings. The van der Waals surface area contributed by atoms with Gasteiger partial charge in [-0.15, -0.1) is 11.3 Å². The second-order valence-corrected chi connectivity index (χ2v) is 7.17. The average Bonchev–Trinajstić information content (AvgIpc) is 3.27. The van der Waals surface area contributed by atoms with Gasteiger partial charge in [0.2, 0.25) is 0 Å². The summed E-state index contributed by atoms with van der Waals surface area (Å²) in [5.74, 6) is 0.783. The van der Waals surface area contributed by atoms with Crippen LogP contribution in [0.25, 0.3) is 10.8 Å². The Balaban J connectivity index is 1.78. The van der Waals surface area contributed by atoms with Crippen molar-refractivity contribution in [1.29, 1.82) is 0 Å². The molecule has 5 nitrogen and oxygen atoms in total. The van der Waals surface area contributed by atoms with Gasteiger partial charge in [0.25, 0.3) is 5.89 Å². The number of thiazole rings is 1. The van der Waals surface area contributed by atoms with Crippen molar-refractivity contribution in [2.75, 3.05) is 13.2 Å². The van der Waals surface area contributed by atoms with Gasteiger partial charge in [0.15, 0.2) is 5.82 Å². The number of halogens is 1. The van der Waals surface area contributed by atoms with Gasteiger partial charge in [-0.2, -0.15) is 4.98 Å². The van der Waals surface area contributed by atoms with Crippen LogP contribution in [0.2, 0.25) is 0 Å². The van der Waals surface area contributed by atoms with Gasteiger partial charge in [0, 0.05) is 6.61 Å². The lowest BCUT2D eigenvalue weighted by atomic mass is 9.79. The van der Waals surface area contributed by atoms with Crippen molar-refractivity contribution in [1.82, 2.24) is 15.1 Å². The van der Waals surface area contributed by atoms with E-state index in [-0.39, 0.29) is 5.82 Å². The number of benzene rings is 1. The molecule has 1 aromatic carbocycles. The van der Waals surface area contributed by atoms with E-state index in [2.05, 4.69) is 15.1 Å². The molecule has 1 fully saturated rings. The highest BCUT2D eigenvalue weighted by Crippen LogP contribution is 2.39. The number of aryl methyl sites for hydroxylation is 2. The Labute approximate surface area is 142 Å². The molecule has 0 bridgehead atoms. The minimum atomic E-state index is -0.497. The van der Waals surface area contributed by atoms with E-state index in [1.165, 1.54) is 23.5 Å². The van der Waals surface area contributed by atoms with Gasteiger partial charge < -0.3 is 9.26 Å². The Morgan fingerprint density at radius 2 is 1.96 bits per heavy atom. The van der Waals surface area contributed by atoms with E-state index >= 15 is 0 Å². The quantitative estimate of drug-likeness (QED) is 0.725. The van der Waals surface area contributed by atoms with E-state index < -0.39 is 5.41 Å². The lowest BCUT2D eigenvalue weighted by Gasteiger charge is -2.23. The minimum Gasteiger partial charge on any atom is -0.380 e. The van der Waals surface area contributed by atoms with Crippen molar-refractivity contribution in [3.63, 3.8) is 0 Å². The smallest absolute Gasteiger partial charge is 0.269 e. The molecule has 3 heterocycles. The van der Waals surface area contributed by atoms with Crippen molar-refractivity contribution >= 4 is 11.3 Å². The van der Waals surface area contributed by atoms with Crippen LogP contribution in [-0.2, 0) is 10.2 Å². The summed E-state index contributed by atoms with van der Waals surface area (Å²) in [6.07, 6.45) is 0.734. The molecule has 2 aromatic heterocycles. The molecule has 124 valence electrons.